The van der Waals surface area contributed by atoms with Gasteiger partial charge in [-0.05, 0) is 43.4 Å². The Morgan fingerprint density at radius 1 is 1.33 bits per heavy atom. The van der Waals surface area contributed by atoms with Crippen LogP contribution in [-0.4, -0.2) is 45.9 Å². The summed E-state index contributed by atoms with van der Waals surface area (Å²) in [6.45, 7) is 7.02. The van der Waals surface area contributed by atoms with Crippen LogP contribution in [-0.2, 0) is 16.1 Å². The second kappa shape index (κ2) is 8.58. The van der Waals surface area contributed by atoms with Gasteiger partial charge in [-0.15, -0.1) is 0 Å². The molecule has 0 bridgehead atoms. The van der Waals surface area contributed by atoms with Crippen molar-refractivity contribution in [3.63, 3.8) is 0 Å². The summed E-state index contributed by atoms with van der Waals surface area (Å²) in [5.74, 6) is -1.85. The Bertz CT molecular complexity index is 887. The van der Waals surface area contributed by atoms with Crippen LogP contribution < -0.4 is 0 Å². The summed E-state index contributed by atoms with van der Waals surface area (Å²) in [7, 11) is 1.72. The number of piperidine rings is 1. The lowest BCUT2D eigenvalue weighted by atomic mass is 9.65. The Morgan fingerprint density at radius 3 is 2.67 bits per heavy atom. The zero-order chi connectivity index (χ0) is 22.2. The smallest absolute Gasteiger partial charge is 0.289 e. The molecule has 5 nitrogen and oxygen atoms in total. The van der Waals surface area contributed by atoms with Crippen molar-refractivity contribution in [1.29, 1.82) is 0 Å². The summed E-state index contributed by atoms with van der Waals surface area (Å²) in [4.78, 5) is 29.4. The van der Waals surface area contributed by atoms with E-state index in [-0.39, 0.29) is 34.9 Å². The summed E-state index contributed by atoms with van der Waals surface area (Å²) in [5, 5.41) is 10.6. The maximum atomic E-state index is 13.5. The first-order valence-electron chi connectivity index (χ1n) is 10.6. The molecule has 0 aliphatic carbocycles. The average molecular weight is 437 g/mol. The lowest BCUT2D eigenvalue weighted by Gasteiger charge is -2.54. The standard InChI is InChI=1S/C23H30ClFN2O3/c1-5-6-7-14(2)23(3)16-10-11-27(13-15-8-9-18(25)17(24)12-15)21(29)19(16)20(28)22(30)26(23)4/h8-9,12,14,16,28H,5-7,10-11,13H2,1-4H3/t14-,16?,23?/m0/s1. The van der Waals surface area contributed by atoms with Crippen LogP contribution in [0.1, 0.15) is 52.0 Å². The fourth-order valence-corrected chi connectivity index (χ4v) is 5.12. The molecule has 0 spiro atoms. The van der Waals surface area contributed by atoms with Crippen molar-refractivity contribution in [3.05, 3.63) is 45.9 Å². The number of likely N-dealkylation sites (N-methyl/N-ethyl adjacent to an activating group) is 1. The lowest BCUT2D eigenvalue weighted by molar-refractivity contribution is -0.147. The molecule has 30 heavy (non-hydrogen) atoms. The average Bonchev–Trinajstić information content (AvgIpc) is 2.72. The van der Waals surface area contributed by atoms with Crippen molar-refractivity contribution in [3.8, 4) is 0 Å². The first-order valence-corrected chi connectivity index (χ1v) is 10.9. The Kier molecular flexibility index (Phi) is 6.46. The number of carbonyl (C=O) groups is 2. The van der Waals surface area contributed by atoms with E-state index in [0.717, 1.165) is 19.3 Å². The second-order valence-corrected chi connectivity index (χ2v) is 9.12. The maximum Gasteiger partial charge on any atom is 0.289 e. The van der Waals surface area contributed by atoms with Crippen molar-refractivity contribution in [2.75, 3.05) is 13.6 Å². The zero-order valence-corrected chi connectivity index (χ0v) is 18.8. The molecule has 0 saturated carbocycles. The predicted molar refractivity (Wildman–Crippen MR) is 114 cm³/mol. The summed E-state index contributed by atoms with van der Waals surface area (Å²) in [5.41, 5.74) is 0.365. The number of carbonyl (C=O) groups excluding carboxylic acids is 2. The van der Waals surface area contributed by atoms with Crippen LogP contribution in [0.4, 0.5) is 4.39 Å². The Balaban J connectivity index is 1.92. The minimum atomic E-state index is -0.547. The van der Waals surface area contributed by atoms with Crippen LogP contribution in [0.3, 0.4) is 0 Å². The molecule has 1 fully saturated rings. The van der Waals surface area contributed by atoms with Gasteiger partial charge in [-0.3, -0.25) is 9.59 Å². The Hall–Kier alpha value is -2.08. The molecule has 0 aromatic heterocycles. The highest BCUT2D eigenvalue weighted by molar-refractivity contribution is 6.30. The Labute approximate surface area is 182 Å². The number of aliphatic hydroxyl groups excluding tert-OH is 1. The molecule has 3 rings (SSSR count). The third-order valence-corrected chi connectivity index (χ3v) is 7.38. The molecule has 0 radical (unpaired) electrons. The summed E-state index contributed by atoms with van der Waals surface area (Å²) < 4.78 is 13.5. The molecular weight excluding hydrogens is 407 g/mol. The van der Waals surface area contributed by atoms with Gasteiger partial charge >= 0.3 is 0 Å². The number of hydrogen-bond donors (Lipinski definition) is 1. The van der Waals surface area contributed by atoms with E-state index in [1.54, 1.807) is 22.9 Å². The van der Waals surface area contributed by atoms with Gasteiger partial charge in [0.15, 0.2) is 5.76 Å². The van der Waals surface area contributed by atoms with Gasteiger partial charge < -0.3 is 14.9 Å². The third kappa shape index (κ3) is 3.70. The van der Waals surface area contributed by atoms with Gasteiger partial charge in [0.1, 0.15) is 5.82 Å². The van der Waals surface area contributed by atoms with Crippen molar-refractivity contribution in [2.24, 2.45) is 11.8 Å². The second-order valence-electron chi connectivity index (χ2n) is 8.71. The number of rotatable bonds is 6. The van der Waals surface area contributed by atoms with Crippen LogP contribution in [0.25, 0.3) is 0 Å². The number of unbranched alkanes of at least 4 members (excludes halogenated alkanes) is 1. The van der Waals surface area contributed by atoms with Gasteiger partial charge in [0.05, 0.1) is 10.6 Å². The molecule has 2 amide bonds. The topological polar surface area (TPSA) is 60.9 Å². The molecule has 164 valence electrons. The van der Waals surface area contributed by atoms with Crippen molar-refractivity contribution in [2.45, 2.75) is 58.5 Å². The number of halogens is 2. The van der Waals surface area contributed by atoms with Crippen LogP contribution in [0.15, 0.2) is 29.5 Å². The molecule has 1 saturated heterocycles. The van der Waals surface area contributed by atoms with Crippen LogP contribution in [0.5, 0.6) is 0 Å². The molecule has 1 aromatic carbocycles. The highest BCUT2D eigenvalue weighted by Crippen LogP contribution is 2.47. The lowest BCUT2D eigenvalue weighted by Crippen LogP contribution is -2.63. The van der Waals surface area contributed by atoms with Crippen molar-refractivity contribution < 1.29 is 19.1 Å². The molecule has 2 aliphatic rings. The van der Waals surface area contributed by atoms with E-state index in [2.05, 4.69) is 13.8 Å². The van der Waals surface area contributed by atoms with Crippen LogP contribution in [0.2, 0.25) is 5.02 Å². The van der Waals surface area contributed by atoms with E-state index in [0.29, 0.717) is 18.5 Å². The van der Waals surface area contributed by atoms with Crippen molar-refractivity contribution in [1.82, 2.24) is 9.80 Å². The quantitative estimate of drug-likeness (QED) is 0.703. The van der Waals surface area contributed by atoms with Gasteiger partial charge in [-0.25, -0.2) is 4.39 Å². The maximum absolute atomic E-state index is 13.5. The SMILES string of the molecule is CCCC[C@H](C)C1(C)C2CCN(Cc3ccc(F)c(Cl)c3)C(=O)C2=C(O)C(=O)N1C. The van der Waals surface area contributed by atoms with E-state index in [1.807, 2.05) is 6.92 Å². The molecule has 7 heteroatoms. The monoisotopic (exact) mass is 436 g/mol. The van der Waals surface area contributed by atoms with E-state index in [9.17, 15) is 19.1 Å². The third-order valence-electron chi connectivity index (χ3n) is 7.09. The fraction of sp³-hybridized carbons (Fsp3) is 0.565. The number of aliphatic hydroxyl groups is 1. The number of fused-ring (bicyclic) bond motifs is 1. The van der Waals surface area contributed by atoms with Gasteiger partial charge in [0.2, 0.25) is 0 Å². The number of benzene rings is 1. The number of hydrogen-bond acceptors (Lipinski definition) is 3. The molecule has 3 atom stereocenters. The minimum Gasteiger partial charge on any atom is -0.503 e. The normalized spacial score (nSPS) is 25.6. The van der Waals surface area contributed by atoms with Crippen LogP contribution >= 0.6 is 11.6 Å². The Morgan fingerprint density at radius 2 is 2.03 bits per heavy atom. The first kappa shape index (κ1) is 22.6. The fourth-order valence-electron chi connectivity index (χ4n) is 4.91. The zero-order valence-electron chi connectivity index (χ0n) is 18.0. The highest BCUT2D eigenvalue weighted by atomic mass is 35.5. The van der Waals surface area contributed by atoms with E-state index < -0.39 is 23.0 Å². The van der Waals surface area contributed by atoms with E-state index in [1.165, 1.54) is 12.1 Å². The summed E-state index contributed by atoms with van der Waals surface area (Å²) >= 11 is 5.87. The number of likely N-dealkylation sites (tertiary alicyclic amines) is 1. The molecule has 2 heterocycles. The highest BCUT2D eigenvalue weighted by Gasteiger charge is 2.54. The molecule has 2 aliphatic heterocycles. The first-order chi connectivity index (χ1) is 14.1. The van der Waals surface area contributed by atoms with Gasteiger partial charge in [-0.1, -0.05) is 44.4 Å². The summed E-state index contributed by atoms with van der Waals surface area (Å²) in [6, 6.07) is 4.37. The predicted octanol–water partition coefficient (Wildman–Crippen LogP) is 4.70. The van der Waals surface area contributed by atoms with E-state index in [4.69, 9.17) is 11.6 Å². The molecular formula is C23H30ClFN2O3. The van der Waals surface area contributed by atoms with E-state index >= 15 is 0 Å². The van der Waals surface area contributed by atoms with Crippen LogP contribution in [0, 0.1) is 17.7 Å². The number of amides is 2. The molecule has 1 aromatic rings. The molecule has 2 unspecified atom stereocenters. The van der Waals surface area contributed by atoms with Gasteiger partial charge in [-0.2, -0.15) is 0 Å². The molecule has 1 N–H and O–H groups in total. The largest absolute Gasteiger partial charge is 0.503 e. The minimum absolute atomic E-state index is 0.00342. The van der Waals surface area contributed by atoms with Gasteiger partial charge in [0, 0.05) is 31.6 Å². The number of nitrogens with zero attached hydrogens (tertiary/aromatic N) is 2. The van der Waals surface area contributed by atoms with Crippen molar-refractivity contribution >= 4 is 23.4 Å². The summed E-state index contributed by atoms with van der Waals surface area (Å²) in [6.07, 6.45) is 3.69. The van der Waals surface area contributed by atoms with Gasteiger partial charge in [0.25, 0.3) is 11.8 Å².